The number of methoxy groups -OCH3 is 1. The number of aromatic nitrogens is 1. The first-order valence-corrected chi connectivity index (χ1v) is 10.6. The number of amides is 1. The van der Waals surface area contributed by atoms with Crippen molar-refractivity contribution in [2.24, 2.45) is 5.92 Å². The molecule has 2 rings (SSSR count). The van der Waals surface area contributed by atoms with Gasteiger partial charge in [-0.2, -0.15) is 5.26 Å². The Hall–Kier alpha value is -3.24. The maximum Gasteiger partial charge on any atom is 0.349 e. The van der Waals surface area contributed by atoms with Crippen molar-refractivity contribution in [2.45, 2.75) is 47.3 Å². The number of anilines is 1. The smallest absolute Gasteiger partial charge is 0.349 e. The number of hydrogen-bond acceptors (Lipinski definition) is 5. The van der Waals surface area contributed by atoms with E-state index in [2.05, 4.69) is 23.7 Å². The Bertz CT molecular complexity index is 1080. The number of nitriles is 1. The number of esters is 1. The lowest BCUT2D eigenvalue weighted by Crippen LogP contribution is -2.30. The molecule has 7 nitrogen and oxygen atoms in total. The fourth-order valence-corrected chi connectivity index (χ4v) is 3.37. The van der Waals surface area contributed by atoms with Crippen molar-refractivity contribution >= 4 is 35.2 Å². The monoisotopic (exact) mass is 457 g/mol. The molecule has 32 heavy (non-hydrogen) atoms. The highest BCUT2D eigenvalue weighted by Gasteiger charge is 2.22. The molecule has 0 radical (unpaired) electrons. The molecular formula is C24H28ClN3O4. The van der Waals surface area contributed by atoms with E-state index in [-0.39, 0.29) is 5.57 Å². The third kappa shape index (κ3) is 6.14. The fourth-order valence-electron chi connectivity index (χ4n) is 3.20. The zero-order valence-corrected chi connectivity index (χ0v) is 19.9. The molecule has 1 aromatic carbocycles. The summed E-state index contributed by atoms with van der Waals surface area (Å²) in [6, 6.07) is 8.56. The van der Waals surface area contributed by atoms with Gasteiger partial charge in [0.15, 0.2) is 6.10 Å². The summed E-state index contributed by atoms with van der Waals surface area (Å²) in [5.41, 5.74) is 2.92. The average molecular weight is 458 g/mol. The van der Waals surface area contributed by atoms with E-state index >= 15 is 0 Å². The molecule has 0 aliphatic rings. The number of hydrogen-bond donors (Lipinski definition) is 1. The Morgan fingerprint density at radius 1 is 1.25 bits per heavy atom. The summed E-state index contributed by atoms with van der Waals surface area (Å²) in [6.07, 6.45) is 0.350. The van der Waals surface area contributed by atoms with Gasteiger partial charge in [0.05, 0.1) is 12.8 Å². The molecule has 0 fully saturated rings. The van der Waals surface area contributed by atoms with Crippen molar-refractivity contribution < 1.29 is 19.1 Å². The number of benzene rings is 1. The Balaban J connectivity index is 2.16. The van der Waals surface area contributed by atoms with Crippen LogP contribution in [-0.4, -0.2) is 29.7 Å². The molecule has 1 N–H and O–H groups in total. The Morgan fingerprint density at radius 2 is 1.94 bits per heavy atom. The summed E-state index contributed by atoms with van der Waals surface area (Å²) < 4.78 is 12.6. The third-order valence-electron chi connectivity index (χ3n) is 4.87. The predicted molar refractivity (Wildman–Crippen MR) is 125 cm³/mol. The van der Waals surface area contributed by atoms with Crippen molar-refractivity contribution in [3.8, 4) is 11.8 Å². The van der Waals surface area contributed by atoms with Crippen LogP contribution in [0.15, 0.2) is 29.8 Å². The summed E-state index contributed by atoms with van der Waals surface area (Å²) >= 11 is 5.97. The second-order valence-corrected chi connectivity index (χ2v) is 8.32. The largest absolute Gasteiger partial charge is 0.495 e. The van der Waals surface area contributed by atoms with E-state index in [1.807, 2.05) is 26.0 Å². The van der Waals surface area contributed by atoms with Gasteiger partial charge in [-0.15, -0.1) is 0 Å². The molecule has 170 valence electrons. The van der Waals surface area contributed by atoms with Gasteiger partial charge >= 0.3 is 5.97 Å². The van der Waals surface area contributed by atoms with E-state index in [0.29, 0.717) is 22.4 Å². The molecule has 0 aliphatic carbocycles. The van der Waals surface area contributed by atoms with Gasteiger partial charge in [-0.3, -0.25) is 4.79 Å². The van der Waals surface area contributed by atoms with Crippen molar-refractivity contribution in [2.75, 3.05) is 12.4 Å². The maximum atomic E-state index is 12.6. The highest BCUT2D eigenvalue weighted by molar-refractivity contribution is 6.31. The average Bonchev–Trinajstić information content (AvgIpc) is 2.98. The first kappa shape index (κ1) is 25.0. The Kier molecular flexibility index (Phi) is 8.50. The highest BCUT2D eigenvalue weighted by atomic mass is 35.5. The molecule has 0 saturated heterocycles. The van der Waals surface area contributed by atoms with Gasteiger partial charge in [0.25, 0.3) is 5.91 Å². The molecule has 0 saturated carbocycles. The van der Waals surface area contributed by atoms with E-state index in [0.717, 1.165) is 23.5 Å². The summed E-state index contributed by atoms with van der Waals surface area (Å²) in [4.78, 5) is 25.1. The number of nitrogens with one attached hydrogen (secondary N) is 1. The molecule has 1 unspecified atom stereocenters. The van der Waals surface area contributed by atoms with Gasteiger partial charge in [0.1, 0.15) is 17.4 Å². The standard InChI is InChI=1S/C24H28ClN3O4/c1-14(2)13-28-15(3)9-18(16(28)4)10-19(12-26)24(30)32-17(5)23(29)27-21-11-20(25)7-8-22(21)31-6/h7-11,14,17H,13H2,1-6H3,(H,27,29)/b19-10+. The highest BCUT2D eigenvalue weighted by Crippen LogP contribution is 2.28. The van der Waals surface area contributed by atoms with E-state index in [9.17, 15) is 14.9 Å². The number of aryl methyl sites for hydroxylation is 1. The zero-order chi connectivity index (χ0) is 24.0. The quantitative estimate of drug-likeness (QED) is 0.345. The molecule has 8 heteroatoms. The Labute approximate surface area is 193 Å². The van der Waals surface area contributed by atoms with Crippen molar-refractivity contribution in [3.05, 3.63) is 51.8 Å². The maximum absolute atomic E-state index is 12.6. The molecule has 1 atom stereocenters. The van der Waals surface area contributed by atoms with E-state index in [4.69, 9.17) is 21.1 Å². The zero-order valence-electron chi connectivity index (χ0n) is 19.2. The molecule has 0 bridgehead atoms. The van der Waals surface area contributed by atoms with Crippen LogP contribution in [0, 0.1) is 31.1 Å². The summed E-state index contributed by atoms with van der Waals surface area (Å²) in [6.45, 7) is 10.4. The predicted octanol–water partition coefficient (Wildman–Crippen LogP) is 4.90. The van der Waals surface area contributed by atoms with Gasteiger partial charge in [0.2, 0.25) is 0 Å². The minimum absolute atomic E-state index is 0.185. The summed E-state index contributed by atoms with van der Waals surface area (Å²) in [7, 11) is 1.46. The van der Waals surface area contributed by atoms with Crippen LogP contribution < -0.4 is 10.1 Å². The van der Waals surface area contributed by atoms with Crippen LogP contribution in [-0.2, 0) is 20.9 Å². The number of nitrogens with zero attached hydrogens (tertiary/aromatic N) is 2. The minimum Gasteiger partial charge on any atom is -0.495 e. The summed E-state index contributed by atoms with van der Waals surface area (Å²) in [5.74, 6) is -0.585. The van der Waals surface area contributed by atoms with E-state index in [1.54, 1.807) is 12.1 Å². The first-order chi connectivity index (χ1) is 15.1. The van der Waals surface area contributed by atoms with Crippen LogP contribution in [0.25, 0.3) is 6.08 Å². The number of halogens is 1. The topological polar surface area (TPSA) is 93.3 Å². The lowest BCUT2D eigenvalue weighted by atomic mass is 10.1. The van der Waals surface area contributed by atoms with Gasteiger partial charge < -0.3 is 19.4 Å². The van der Waals surface area contributed by atoms with Crippen LogP contribution >= 0.6 is 11.6 Å². The molecule has 1 aromatic heterocycles. The van der Waals surface area contributed by atoms with E-state index in [1.165, 1.54) is 26.2 Å². The molecule has 2 aromatic rings. The van der Waals surface area contributed by atoms with Crippen LogP contribution in [0.2, 0.25) is 5.02 Å². The van der Waals surface area contributed by atoms with Gasteiger partial charge in [-0.25, -0.2) is 4.79 Å². The van der Waals surface area contributed by atoms with Gasteiger partial charge in [-0.1, -0.05) is 25.4 Å². The first-order valence-electron chi connectivity index (χ1n) is 10.2. The van der Waals surface area contributed by atoms with Crippen LogP contribution in [0.3, 0.4) is 0 Å². The van der Waals surface area contributed by atoms with Crippen LogP contribution in [0.4, 0.5) is 5.69 Å². The molecule has 0 spiro atoms. The fraction of sp³-hybridized carbons (Fsp3) is 0.375. The Morgan fingerprint density at radius 3 is 2.53 bits per heavy atom. The van der Waals surface area contributed by atoms with Gasteiger partial charge in [-0.05, 0) is 62.6 Å². The van der Waals surface area contributed by atoms with E-state index < -0.39 is 18.0 Å². The third-order valence-corrected chi connectivity index (χ3v) is 5.11. The minimum atomic E-state index is -1.14. The van der Waals surface area contributed by atoms with Crippen molar-refractivity contribution in [1.82, 2.24) is 4.57 Å². The van der Waals surface area contributed by atoms with Gasteiger partial charge in [0, 0.05) is 23.0 Å². The molecule has 1 amide bonds. The number of rotatable bonds is 8. The number of carbonyl (C=O) groups excluding carboxylic acids is 2. The second kappa shape index (κ2) is 10.9. The molecular weight excluding hydrogens is 430 g/mol. The molecule has 0 aliphatic heterocycles. The van der Waals surface area contributed by atoms with Crippen molar-refractivity contribution in [1.29, 1.82) is 5.26 Å². The van der Waals surface area contributed by atoms with Crippen LogP contribution in [0.1, 0.15) is 37.7 Å². The lowest BCUT2D eigenvalue weighted by Gasteiger charge is -2.15. The van der Waals surface area contributed by atoms with Crippen LogP contribution in [0.5, 0.6) is 5.75 Å². The summed E-state index contributed by atoms with van der Waals surface area (Å²) in [5, 5.41) is 12.5. The van der Waals surface area contributed by atoms with Crippen molar-refractivity contribution in [3.63, 3.8) is 0 Å². The second-order valence-electron chi connectivity index (χ2n) is 7.88. The number of carbonyl (C=O) groups is 2. The lowest BCUT2D eigenvalue weighted by molar-refractivity contribution is -0.148. The molecule has 1 heterocycles. The normalized spacial score (nSPS) is 12.3. The number of ether oxygens (including phenoxy) is 2. The SMILES string of the molecule is COc1ccc(Cl)cc1NC(=O)C(C)OC(=O)/C(C#N)=C/c1cc(C)n(CC(C)C)c1C.